The number of fused-ring (bicyclic) bond motifs is 2. The van der Waals surface area contributed by atoms with Crippen molar-refractivity contribution < 1.29 is 4.42 Å². The minimum atomic E-state index is 0.626. The average molecular weight is 164 g/mol. The van der Waals surface area contributed by atoms with Crippen molar-refractivity contribution >= 4 is 0 Å². The van der Waals surface area contributed by atoms with Gasteiger partial charge >= 0.3 is 0 Å². The van der Waals surface area contributed by atoms with Gasteiger partial charge in [0.1, 0.15) is 5.76 Å². The Morgan fingerprint density at radius 1 is 1.50 bits per heavy atom. The van der Waals surface area contributed by atoms with Crippen LogP contribution in [0.5, 0.6) is 0 Å². The summed E-state index contributed by atoms with van der Waals surface area (Å²) in [6.45, 7) is 3.74. The van der Waals surface area contributed by atoms with E-state index < -0.39 is 0 Å². The van der Waals surface area contributed by atoms with Crippen molar-refractivity contribution in [1.29, 1.82) is 0 Å². The van der Waals surface area contributed by atoms with Crippen LogP contribution in [0, 0.1) is 5.92 Å². The molecule has 2 saturated heterocycles. The predicted molar refractivity (Wildman–Crippen MR) is 43.8 cm³/mol. The largest absolute Gasteiger partial charge is 0.448 e. The second kappa shape index (κ2) is 2.33. The molecule has 64 valence electrons. The SMILES string of the molecule is c1ncc(C2CN3CCC2C3)o1. The van der Waals surface area contributed by atoms with Crippen molar-refractivity contribution in [2.75, 3.05) is 19.6 Å². The number of aromatic nitrogens is 1. The van der Waals surface area contributed by atoms with E-state index in [9.17, 15) is 0 Å². The highest BCUT2D eigenvalue weighted by molar-refractivity contribution is 5.09. The highest BCUT2D eigenvalue weighted by Gasteiger charge is 2.40. The van der Waals surface area contributed by atoms with Crippen molar-refractivity contribution in [3.8, 4) is 0 Å². The van der Waals surface area contributed by atoms with Crippen LogP contribution in [-0.2, 0) is 0 Å². The van der Waals surface area contributed by atoms with Gasteiger partial charge in [0.2, 0.25) is 0 Å². The topological polar surface area (TPSA) is 29.3 Å². The zero-order chi connectivity index (χ0) is 7.97. The smallest absolute Gasteiger partial charge is 0.180 e. The van der Waals surface area contributed by atoms with Crippen molar-refractivity contribution in [3.05, 3.63) is 18.4 Å². The third-order valence-corrected chi connectivity index (χ3v) is 3.15. The Bertz CT molecular complexity index is 270. The molecule has 1 aromatic rings. The van der Waals surface area contributed by atoms with E-state index in [1.165, 1.54) is 32.4 Å². The average Bonchev–Trinajstić information content (AvgIpc) is 2.81. The third kappa shape index (κ3) is 0.829. The van der Waals surface area contributed by atoms with Crippen LogP contribution in [0.4, 0.5) is 0 Å². The number of hydrogen-bond donors (Lipinski definition) is 0. The van der Waals surface area contributed by atoms with Crippen molar-refractivity contribution in [2.24, 2.45) is 5.92 Å². The first-order chi connectivity index (χ1) is 5.93. The standard InChI is InChI=1S/C9H12N2O/c1-2-11-4-7(1)8(5-11)9-3-10-6-12-9/h3,6-8H,1-2,4-5H2. The van der Waals surface area contributed by atoms with Crippen LogP contribution in [0.3, 0.4) is 0 Å². The maximum Gasteiger partial charge on any atom is 0.180 e. The molecule has 0 N–H and O–H groups in total. The van der Waals surface area contributed by atoms with Crippen LogP contribution >= 0.6 is 0 Å². The van der Waals surface area contributed by atoms with E-state index in [1.807, 2.05) is 6.20 Å². The van der Waals surface area contributed by atoms with Gasteiger partial charge in [-0.3, -0.25) is 0 Å². The van der Waals surface area contributed by atoms with Gasteiger partial charge < -0.3 is 9.32 Å². The highest BCUT2D eigenvalue weighted by Crippen LogP contribution is 2.39. The number of piperidine rings is 1. The van der Waals surface area contributed by atoms with E-state index in [-0.39, 0.29) is 0 Å². The van der Waals surface area contributed by atoms with Gasteiger partial charge in [-0.15, -0.1) is 0 Å². The molecule has 0 radical (unpaired) electrons. The summed E-state index contributed by atoms with van der Waals surface area (Å²) in [7, 11) is 0. The van der Waals surface area contributed by atoms with Crippen LogP contribution in [-0.4, -0.2) is 29.5 Å². The Balaban J connectivity index is 1.87. The third-order valence-electron chi connectivity index (χ3n) is 3.15. The maximum absolute atomic E-state index is 5.33. The number of nitrogens with zero attached hydrogens (tertiary/aromatic N) is 2. The van der Waals surface area contributed by atoms with Gasteiger partial charge in [-0.05, 0) is 18.9 Å². The van der Waals surface area contributed by atoms with Crippen LogP contribution in [0.1, 0.15) is 18.1 Å². The van der Waals surface area contributed by atoms with E-state index in [0.29, 0.717) is 5.92 Å². The van der Waals surface area contributed by atoms with Gasteiger partial charge in [0, 0.05) is 19.0 Å². The monoisotopic (exact) mass is 164 g/mol. The van der Waals surface area contributed by atoms with E-state index in [1.54, 1.807) is 0 Å². The molecule has 3 nitrogen and oxygen atoms in total. The normalized spacial score (nSPS) is 39.2. The molecule has 2 fully saturated rings. The molecule has 1 aromatic heterocycles. The number of rotatable bonds is 1. The molecule has 2 aliphatic heterocycles. The van der Waals surface area contributed by atoms with Gasteiger partial charge in [0.05, 0.1) is 6.20 Å². The molecule has 3 rings (SSSR count). The fraction of sp³-hybridized carbons (Fsp3) is 0.667. The number of hydrogen-bond acceptors (Lipinski definition) is 3. The molecular weight excluding hydrogens is 152 g/mol. The summed E-state index contributed by atoms with van der Waals surface area (Å²) in [5, 5.41) is 0. The van der Waals surface area contributed by atoms with E-state index in [2.05, 4.69) is 9.88 Å². The lowest BCUT2D eigenvalue weighted by molar-refractivity contribution is 0.321. The van der Waals surface area contributed by atoms with Gasteiger partial charge in [0.15, 0.2) is 6.39 Å². The quantitative estimate of drug-likeness (QED) is 0.622. The summed E-state index contributed by atoms with van der Waals surface area (Å²) in [5.41, 5.74) is 0. The van der Waals surface area contributed by atoms with E-state index >= 15 is 0 Å². The molecule has 2 bridgehead atoms. The molecule has 2 aliphatic rings. The zero-order valence-corrected chi connectivity index (χ0v) is 6.94. The predicted octanol–water partition coefficient (Wildman–Crippen LogP) is 1.09. The molecule has 3 heterocycles. The fourth-order valence-corrected chi connectivity index (χ4v) is 2.52. The van der Waals surface area contributed by atoms with Gasteiger partial charge in [-0.25, -0.2) is 4.98 Å². The summed E-state index contributed by atoms with van der Waals surface area (Å²) < 4.78 is 5.33. The molecule has 3 unspecified atom stereocenters. The zero-order valence-electron chi connectivity index (χ0n) is 6.94. The first kappa shape index (κ1) is 6.66. The van der Waals surface area contributed by atoms with Crippen molar-refractivity contribution in [2.45, 2.75) is 12.3 Å². The molecular formula is C9H12N2O. The summed E-state index contributed by atoms with van der Waals surface area (Å²) in [6, 6.07) is 0. The molecule has 0 spiro atoms. The molecule has 0 aromatic carbocycles. The lowest BCUT2D eigenvalue weighted by atomic mass is 9.91. The fourth-order valence-electron chi connectivity index (χ4n) is 2.52. The van der Waals surface area contributed by atoms with Gasteiger partial charge in [-0.1, -0.05) is 0 Å². The first-order valence-electron chi connectivity index (χ1n) is 4.54. The van der Waals surface area contributed by atoms with Crippen LogP contribution in [0.25, 0.3) is 0 Å². The minimum Gasteiger partial charge on any atom is -0.448 e. The Hall–Kier alpha value is -0.830. The second-order valence-electron chi connectivity index (χ2n) is 3.82. The molecule has 0 amide bonds. The van der Waals surface area contributed by atoms with Gasteiger partial charge in [0.25, 0.3) is 0 Å². The Morgan fingerprint density at radius 3 is 3.08 bits per heavy atom. The molecule has 3 heteroatoms. The Labute approximate surface area is 71.4 Å². The molecule has 3 atom stereocenters. The van der Waals surface area contributed by atoms with Crippen molar-refractivity contribution in [1.82, 2.24) is 9.88 Å². The summed E-state index contributed by atoms with van der Waals surface area (Å²) in [6.07, 6.45) is 4.74. The highest BCUT2D eigenvalue weighted by atomic mass is 16.3. The molecule has 0 aliphatic carbocycles. The first-order valence-corrected chi connectivity index (χ1v) is 4.54. The van der Waals surface area contributed by atoms with Gasteiger partial charge in [-0.2, -0.15) is 0 Å². The van der Waals surface area contributed by atoms with E-state index in [0.717, 1.165) is 11.7 Å². The maximum atomic E-state index is 5.33. The van der Waals surface area contributed by atoms with Crippen LogP contribution in [0.2, 0.25) is 0 Å². The minimum absolute atomic E-state index is 0.626. The Kier molecular flexibility index (Phi) is 1.29. The summed E-state index contributed by atoms with van der Waals surface area (Å²) in [5.74, 6) is 2.54. The van der Waals surface area contributed by atoms with Crippen LogP contribution < -0.4 is 0 Å². The van der Waals surface area contributed by atoms with E-state index in [4.69, 9.17) is 4.42 Å². The lowest BCUT2D eigenvalue weighted by Gasteiger charge is -2.19. The lowest BCUT2D eigenvalue weighted by Crippen LogP contribution is -2.21. The second-order valence-corrected chi connectivity index (χ2v) is 3.82. The summed E-state index contributed by atoms with van der Waals surface area (Å²) >= 11 is 0. The van der Waals surface area contributed by atoms with Crippen LogP contribution in [0.15, 0.2) is 17.0 Å². The Morgan fingerprint density at radius 2 is 2.50 bits per heavy atom. The molecule has 12 heavy (non-hydrogen) atoms. The van der Waals surface area contributed by atoms with Crippen molar-refractivity contribution in [3.63, 3.8) is 0 Å². The summed E-state index contributed by atoms with van der Waals surface area (Å²) in [4.78, 5) is 6.48. The number of oxazole rings is 1. The molecule has 0 saturated carbocycles.